The maximum Gasteiger partial charge on any atom is 0.304 e. The van der Waals surface area contributed by atoms with Gasteiger partial charge in [0, 0.05) is 24.0 Å². The zero-order valence-electron chi connectivity index (χ0n) is 9.15. The maximum absolute atomic E-state index is 11.5. The monoisotopic (exact) mass is 243 g/mol. The van der Waals surface area contributed by atoms with Crippen molar-refractivity contribution < 1.29 is 14.7 Å². The van der Waals surface area contributed by atoms with Crippen LogP contribution in [0.15, 0.2) is 12.2 Å². The summed E-state index contributed by atoms with van der Waals surface area (Å²) in [4.78, 5) is 21.8. The smallest absolute Gasteiger partial charge is 0.304 e. The molecule has 1 aliphatic rings. The molecule has 90 valence electrons. The molecule has 1 amide bonds. The van der Waals surface area contributed by atoms with Gasteiger partial charge in [0.15, 0.2) is 0 Å². The second-order valence-electron chi connectivity index (χ2n) is 3.69. The number of carbonyl (C=O) groups excluding carboxylic acids is 1. The van der Waals surface area contributed by atoms with Gasteiger partial charge in [-0.25, -0.2) is 0 Å². The van der Waals surface area contributed by atoms with E-state index in [0.29, 0.717) is 12.3 Å². The molecule has 0 aliphatic heterocycles. The van der Waals surface area contributed by atoms with Crippen LogP contribution >= 0.6 is 11.8 Å². The number of carboxylic acids is 1. The molecule has 0 aromatic carbocycles. The quantitative estimate of drug-likeness (QED) is 0.522. The zero-order chi connectivity index (χ0) is 11.8. The number of nitrogens with one attached hydrogen (secondary N) is 1. The SMILES string of the molecule is O=C(O)CCSCCNC(=O)C1CC=CC1. The van der Waals surface area contributed by atoms with Crippen molar-refractivity contribution in [3.05, 3.63) is 12.2 Å². The first kappa shape index (κ1) is 13.1. The summed E-state index contributed by atoms with van der Waals surface area (Å²) in [6.45, 7) is 0.625. The van der Waals surface area contributed by atoms with Crippen molar-refractivity contribution in [1.82, 2.24) is 5.32 Å². The second-order valence-corrected chi connectivity index (χ2v) is 4.91. The fraction of sp³-hybridized carbons (Fsp3) is 0.636. The van der Waals surface area contributed by atoms with Gasteiger partial charge < -0.3 is 10.4 Å². The molecule has 0 bridgehead atoms. The number of rotatable bonds is 7. The highest BCUT2D eigenvalue weighted by atomic mass is 32.2. The molecule has 4 nitrogen and oxygen atoms in total. The topological polar surface area (TPSA) is 66.4 Å². The van der Waals surface area contributed by atoms with Crippen LogP contribution in [0.4, 0.5) is 0 Å². The van der Waals surface area contributed by atoms with Crippen molar-refractivity contribution >= 4 is 23.6 Å². The molecule has 0 aromatic rings. The number of carboxylic acid groups (broad SMARTS) is 1. The Balaban J connectivity index is 1.94. The van der Waals surface area contributed by atoms with Crippen molar-refractivity contribution in [3.8, 4) is 0 Å². The molecule has 2 N–H and O–H groups in total. The molecule has 0 unspecified atom stereocenters. The molecule has 1 rings (SSSR count). The Morgan fingerprint density at radius 3 is 2.62 bits per heavy atom. The highest BCUT2D eigenvalue weighted by molar-refractivity contribution is 7.99. The third kappa shape index (κ3) is 5.21. The number of amides is 1. The Morgan fingerprint density at radius 2 is 2.00 bits per heavy atom. The Kier molecular flexibility index (Phi) is 6.00. The number of aliphatic carboxylic acids is 1. The number of allylic oxidation sites excluding steroid dienone is 2. The van der Waals surface area contributed by atoms with Gasteiger partial charge in [-0.3, -0.25) is 9.59 Å². The van der Waals surface area contributed by atoms with E-state index in [2.05, 4.69) is 5.32 Å². The molecule has 5 heteroatoms. The molecule has 0 radical (unpaired) electrons. The van der Waals surface area contributed by atoms with E-state index in [1.807, 2.05) is 12.2 Å². The molecule has 0 fully saturated rings. The van der Waals surface area contributed by atoms with E-state index in [4.69, 9.17) is 5.11 Å². The highest BCUT2D eigenvalue weighted by Crippen LogP contribution is 2.17. The van der Waals surface area contributed by atoms with Crippen LogP contribution in [-0.2, 0) is 9.59 Å². The Labute approximate surface area is 99.5 Å². The third-order valence-electron chi connectivity index (χ3n) is 2.38. The summed E-state index contributed by atoms with van der Waals surface area (Å²) in [7, 11) is 0. The van der Waals surface area contributed by atoms with Crippen LogP contribution in [0.2, 0.25) is 0 Å². The van der Waals surface area contributed by atoms with Crippen molar-refractivity contribution in [2.75, 3.05) is 18.1 Å². The molecule has 0 saturated heterocycles. The first-order chi connectivity index (χ1) is 7.70. The number of hydrogen-bond acceptors (Lipinski definition) is 3. The molecule has 0 heterocycles. The summed E-state index contributed by atoms with van der Waals surface area (Å²) in [6, 6.07) is 0. The van der Waals surface area contributed by atoms with Gasteiger partial charge in [0.25, 0.3) is 0 Å². The lowest BCUT2D eigenvalue weighted by Crippen LogP contribution is -2.31. The van der Waals surface area contributed by atoms with Crippen LogP contribution in [0.3, 0.4) is 0 Å². The van der Waals surface area contributed by atoms with Crippen molar-refractivity contribution in [3.63, 3.8) is 0 Å². The summed E-state index contributed by atoms with van der Waals surface area (Å²) in [6.07, 6.45) is 5.94. The van der Waals surface area contributed by atoms with Gasteiger partial charge in [0.05, 0.1) is 6.42 Å². The van der Waals surface area contributed by atoms with E-state index in [1.54, 1.807) is 11.8 Å². The van der Waals surface area contributed by atoms with E-state index in [-0.39, 0.29) is 18.2 Å². The van der Waals surface area contributed by atoms with Crippen molar-refractivity contribution in [1.29, 1.82) is 0 Å². The van der Waals surface area contributed by atoms with Crippen molar-refractivity contribution in [2.45, 2.75) is 19.3 Å². The van der Waals surface area contributed by atoms with Gasteiger partial charge >= 0.3 is 5.97 Å². The number of hydrogen-bond donors (Lipinski definition) is 2. The van der Waals surface area contributed by atoms with Gasteiger partial charge in [0.1, 0.15) is 0 Å². The van der Waals surface area contributed by atoms with E-state index in [0.717, 1.165) is 18.6 Å². The molecule has 0 aromatic heterocycles. The minimum atomic E-state index is -0.770. The molecular weight excluding hydrogens is 226 g/mol. The van der Waals surface area contributed by atoms with E-state index in [1.165, 1.54) is 0 Å². The molecule has 1 aliphatic carbocycles. The predicted molar refractivity (Wildman–Crippen MR) is 64.5 cm³/mol. The van der Waals surface area contributed by atoms with Gasteiger partial charge in [-0.05, 0) is 12.8 Å². The van der Waals surface area contributed by atoms with Gasteiger partial charge in [-0.1, -0.05) is 12.2 Å². The minimum Gasteiger partial charge on any atom is -0.481 e. The predicted octanol–water partition coefficient (Wildman–Crippen LogP) is 1.28. The van der Waals surface area contributed by atoms with Gasteiger partial charge in [-0.15, -0.1) is 0 Å². The van der Waals surface area contributed by atoms with Crippen LogP contribution in [-0.4, -0.2) is 35.0 Å². The molecule has 16 heavy (non-hydrogen) atoms. The highest BCUT2D eigenvalue weighted by Gasteiger charge is 2.18. The summed E-state index contributed by atoms with van der Waals surface area (Å²) < 4.78 is 0. The zero-order valence-corrected chi connectivity index (χ0v) is 9.96. The fourth-order valence-corrected chi connectivity index (χ4v) is 2.25. The lowest BCUT2D eigenvalue weighted by molar-refractivity contribution is -0.136. The Hall–Kier alpha value is -0.970. The van der Waals surface area contributed by atoms with Crippen molar-refractivity contribution in [2.24, 2.45) is 5.92 Å². The first-order valence-electron chi connectivity index (χ1n) is 5.42. The number of carbonyl (C=O) groups is 2. The fourth-order valence-electron chi connectivity index (χ4n) is 1.48. The largest absolute Gasteiger partial charge is 0.481 e. The van der Waals surface area contributed by atoms with E-state index < -0.39 is 5.97 Å². The molecule has 0 saturated carbocycles. The van der Waals surface area contributed by atoms with E-state index >= 15 is 0 Å². The Bertz CT molecular complexity index is 270. The summed E-state index contributed by atoms with van der Waals surface area (Å²) >= 11 is 1.55. The van der Waals surface area contributed by atoms with Crippen LogP contribution in [0.1, 0.15) is 19.3 Å². The first-order valence-corrected chi connectivity index (χ1v) is 6.58. The summed E-state index contributed by atoms with van der Waals surface area (Å²) in [5, 5.41) is 11.3. The van der Waals surface area contributed by atoms with Gasteiger partial charge in [0.2, 0.25) is 5.91 Å². The van der Waals surface area contributed by atoms with Crippen LogP contribution < -0.4 is 5.32 Å². The second kappa shape index (κ2) is 7.33. The lowest BCUT2D eigenvalue weighted by Gasteiger charge is -2.09. The average molecular weight is 243 g/mol. The number of thioether (sulfide) groups is 1. The molecular formula is C11H17NO3S. The lowest BCUT2D eigenvalue weighted by atomic mass is 10.1. The molecule has 0 spiro atoms. The van der Waals surface area contributed by atoms with Gasteiger partial charge in [-0.2, -0.15) is 11.8 Å². The minimum absolute atomic E-state index is 0.115. The standard InChI is InChI=1S/C11H17NO3S/c13-10(14)5-7-16-8-6-12-11(15)9-3-1-2-4-9/h1-2,9H,3-8H2,(H,12,15)(H,13,14). The summed E-state index contributed by atoms with van der Waals surface area (Å²) in [5.41, 5.74) is 0. The van der Waals surface area contributed by atoms with Crippen LogP contribution in [0.25, 0.3) is 0 Å². The normalized spacial score (nSPS) is 15.2. The van der Waals surface area contributed by atoms with Crippen LogP contribution in [0, 0.1) is 5.92 Å². The summed E-state index contributed by atoms with van der Waals surface area (Å²) in [5.74, 6) is 0.844. The van der Waals surface area contributed by atoms with Crippen LogP contribution in [0.5, 0.6) is 0 Å². The average Bonchev–Trinajstić information content (AvgIpc) is 2.75. The van der Waals surface area contributed by atoms with E-state index in [9.17, 15) is 9.59 Å². The third-order valence-corrected chi connectivity index (χ3v) is 3.37. The maximum atomic E-state index is 11.5. The Morgan fingerprint density at radius 1 is 1.31 bits per heavy atom. The molecule has 0 atom stereocenters.